The molecule has 1 saturated carbocycles. The Morgan fingerprint density at radius 3 is 2.33 bits per heavy atom. The van der Waals surface area contributed by atoms with Gasteiger partial charge >= 0.3 is 0 Å². The largest absolute Gasteiger partial charge is 0.294 e. The van der Waals surface area contributed by atoms with Crippen LogP contribution >= 0.6 is 0 Å². The predicted octanol–water partition coefficient (Wildman–Crippen LogP) is 4.13. The van der Waals surface area contributed by atoms with Crippen LogP contribution in [-0.2, 0) is 4.79 Å². The van der Waals surface area contributed by atoms with Crippen molar-refractivity contribution in [2.45, 2.75) is 58.8 Å². The van der Waals surface area contributed by atoms with Crippen molar-refractivity contribution in [3.63, 3.8) is 0 Å². The van der Waals surface area contributed by atoms with Crippen LogP contribution in [0.15, 0.2) is 12.2 Å². The smallest absolute Gasteiger partial charge is 0.161 e. The molecule has 0 aromatic carbocycles. The Hall–Kier alpha value is -0.590. The fourth-order valence-corrected chi connectivity index (χ4v) is 2.55. The van der Waals surface area contributed by atoms with Crippen molar-refractivity contribution in [3.05, 3.63) is 12.2 Å². The molecule has 0 radical (unpaired) electrons. The molecule has 1 nitrogen and oxygen atoms in total. The Balaban J connectivity index is 2.29. The van der Waals surface area contributed by atoms with Crippen LogP contribution < -0.4 is 0 Å². The third-order valence-electron chi connectivity index (χ3n) is 3.60. The Bertz CT molecular complexity index is 221. The molecule has 0 heterocycles. The van der Waals surface area contributed by atoms with E-state index in [4.69, 9.17) is 0 Å². The van der Waals surface area contributed by atoms with Gasteiger partial charge in [-0.1, -0.05) is 32.8 Å². The molecule has 0 atom stereocenters. The summed E-state index contributed by atoms with van der Waals surface area (Å²) in [6, 6.07) is 0. The molecule has 0 amide bonds. The van der Waals surface area contributed by atoms with Gasteiger partial charge in [0.05, 0.1) is 0 Å². The Morgan fingerprint density at radius 1 is 1.27 bits per heavy atom. The van der Waals surface area contributed by atoms with Crippen molar-refractivity contribution in [1.82, 2.24) is 0 Å². The lowest BCUT2D eigenvalue weighted by atomic mass is 9.77. The molecule has 1 fully saturated rings. The lowest BCUT2D eigenvalue weighted by Crippen LogP contribution is -2.22. The molecule has 0 bridgehead atoms. The Labute approximate surface area is 93.9 Å². The van der Waals surface area contributed by atoms with E-state index in [2.05, 4.69) is 13.5 Å². The number of unbranched alkanes of at least 4 members (excludes halogenated alkanes) is 1. The Morgan fingerprint density at radius 2 is 1.87 bits per heavy atom. The summed E-state index contributed by atoms with van der Waals surface area (Å²) in [6.07, 6.45) is 8.71. The maximum absolute atomic E-state index is 11.7. The topological polar surface area (TPSA) is 17.1 Å². The van der Waals surface area contributed by atoms with Crippen LogP contribution in [0, 0.1) is 11.8 Å². The first-order valence-corrected chi connectivity index (χ1v) is 6.34. The maximum atomic E-state index is 11.7. The van der Waals surface area contributed by atoms with E-state index in [1.165, 1.54) is 32.1 Å². The summed E-state index contributed by atoms with van der Waals surface area (Å²) in [5.41, 5.74) is 0.743. The molecule has 0 aromatic heterocycles. The first kappa shape index (κ1) is 12.5. The molecule has 15 heavy (non-hydrogen) atoms. The second-order valence-corrected chi connectivity index (χ2v) is 5.00. The molecule has 86 valence electrons. The summed E-state index contributed by atoms with van der Waals surface area (Å²) < 4.78 is 0. The summed E-state index contributed by atoms with van der Waals surface area (Å²) in [7, 11) is 0. The van der Waals surface area contributed by atoms with E-state index in [9.17, 15) is 4.79 Å². The third-order valence-corrected chi connectivity index (χ3v) is 3.60. The molecule has 0 aromatic rings. The van der Waals surface area contributed by atoms with Gasteiger partial charge in [0.2, 0.25) is 0 Å². The molecule has 1 rings (SSSR count). The van der Waals surface area contributed by atoms with Gasteiger partial charge in [0, 0.05) is 5.92 Å². The van der Waals surface area contributed by atoms with Crippen LogP contribution in [0.3, 0.4) is 0 Å². The van der Waals surface area contributed by atoms with E-state index in [0.29, 0.717) is 11.7 Å². The van der Waals surface area contributed by atoms with Crippen LogP contribution in [0.2, 0.25) is 0 Å². The van der Waals surface area contributed by atoms with E-state index in [1.807, 2.05) is 6.92 Å². The van der Waals surface area contributed by atoms with E-state index in [1.54, 1.807) is 0 Å². The highest BCUT2D eigenvalue weighted by atomic mass is 16.1. The SMILES string of the molecule is C=C(C)C(=O)C1CCC(CCCC)CC1. The number of ketones is 1. The van der Waals surface area contributed by atoms with Crippen LogP contribution in [-0.4, -0.2) is 5.78 Å². The van der Waals surface area contributed by atoms with Gasteiger partial charge in [0.15, 0.2) is 5.78 Å². The number of Topliss-reactive ketones (excluding diaryl/α,β-unsaturated/α-hetero) is 1. The fourth-order valence-electron chi connectivity index (χ4n) is 2.55. The molecule has 0 N–H and O–H groups in total. The second kappa shape index (κ2) is 6.09. The monoisotopic (exact) mass is 208 g/mol. The van der Waals surface area contributed by atoms with Crippen molar-refractivity contribution in [2.24, 2.45) is 11.8 Å². The minimum atomic E-state index is 0.292. The predicted molar refractivity (Wildman–Crippen MR) is 64.8 cm³/mol. The lowest BCUT2D eigenvalue weighted by molar-refractivity contribution is -0.120. The number of carbonyl (C=O) groups is 1. The lowest BCUT2D eigenvalue weighted by Gasteiger charge is -2.27. The van der Waals surface area contributed by atoms with Gasteiger partial charge in [0.1, 0.15) is 0 Å². The van der Waals surface area contributed by atoms with Crippen LogP contribution in [0.4, 0.5) is 0 Å². The highest BCUT2D eigenvalue weighted by molar-refractivity contribution is 5.96. The first-order valence-electron chi connectivity index (χ1n) is 6.34. The normalized spacial score (nSPS) is 26.3. The van der Waals surface area contributed by atoms with Crippen LogP contribution in [0.1, 0.15) is 58.8 Å². The maximum Gasteiger partial charge on any atom is 0.161 e. The van der Waals surface area contributed by atoms with Gasteiger partial charge in [-0.05, 0) is 44.1 Å². The average Bonchev–Trinajstić information content (AvgIpc) is 2.26. The van der Waals surface area contributed by atoms with E-state index < -0.39 is 0 Å². The number of allylic oxidation sites excluding steroid dienone is 1. The van der Waals surface area contributed by atoms with Crippen molar-refractivity contribution in [1.29, 1.82) is 0 Å². The molecular weight excluding hydrogens is 184 g/mol. The minimum absolute atomic E-state index is 0.292. The molecule has 0 spiro atoms. The molecule has 0 unspecified atom stereocenters. The van der Waals surface area contributed by atoms with Gasteiger partial charge in [-0.25, -0.2) is 0 Å². The minimum Gasteiger partial charge on any atom is -0.294 e. The number of rotatable bonds is 5. The van der Waals surface area contributed by atoms with Crippen LogP contribution in [0.25, 0.3) is 0 Å². The van der Waals surface area contributed by atoms with Gasteiger partial charge in [-0.3, -0.25) is 4.79 Å². The quantitative estimate of drug-likeness (QED) is 0.621. The van der Waals surface area contributed by atoms with Crippen molar-refractivity contribution in [3.8, 4) is 0 Å². The molecular formula is C14H24O. The number of hydrogen-bond acceptors (Lipinski definition) is 1. The molecule has 1 aliphatic carbocycles. The van der Waals surface area contributed by atoms with Gasteiger partial charge in [-0.2, -0.15) is 0 Å². The zero-order chi connectivity index (χ0) is 11.3. The standard InChI is InChI=1S/C14H24O/c1-4-5-6-12-7-9-13(10-8-12)14(15)11(2)3/h12-13H,2,4-10H2,1,3H3. The molecule has 0 aliphatic heterocycles. The van der Waals surface area contributed by atoms with Crippen molar-refractivity contribution in [2.75, 3.05) is 0 Å². The third kappa shape index (κ3) is 3.81. The van der Waals surface area contributed by atoms with E-state index in [0.717, 1.165) is 24.3 Å². The molecule has 1 aliphatic rings. The van der Waals surface area contributed by atoms with E-state index >= 15 is 0 Å². The summed E-state index contributed by atoms with van der Waals surface area (Å²) in [4.78, 5) is 11.7. The summed E-state index contributed by atoms with van der Waals surface area (Å²) in [5.74, 6) is 1.49. The molecule has 0 saturated heterocycles. The van der Waals surface area contributed by atoms with Gasteiger partial charge < -0.3 is 0 Å². The summed E-state index contributed by atoms with van der Waals surface area (Å²) >= 11 is 0. The highest BCUT2D eigenvalue weighted by Crippen LogP contribution is 2.33. The van der Waals surface area contributed by atoms with Crippen LogP contribution in [0.5, 0.6) is 0 Å². The number of carbonyl (C=O) groups excluding carboxylic acids is 1. The highest BCUT2D eigenvalue weighted by Gasteiger charge is 2.25. The van der Waals surface area contributed by atoms with Gasteiger partial charge in [-0.15, -0.1) is 0 Å². The summed E-state index contributed by atoms with van der Waals surface area (Å²) in [5, 5.41) is 0. The van der Waals surface area contributed by atoms with Crippen molar-refractivity contribution < 1.29 is 4.79 Å². The first-order chi connectivity index (χ1) is 7.15. The fraction of sp³-hybridized carbons (Fsp3) is 0.786. The zero-order valence-corrected chi connectivity index (χ0v) is 10.2. The average molecular weight is 208 g/mol. The Kier molecular flexibility index (Phi) is 5.07. The second-order valence-electron chi connectivity index (χ2n) is 5.00. The van der Waals surface area contributed by atoms with Gasteiger partial charge in [0.25, 0.3) is 0 Å². The van der Waals surface area contributed by atoms with Crippen molar-refractivity contribution >= 4 is 5.78 Å². The summed E-state index contributed by atoms with van der Waals surface area (Å²) in [6.45, 7) is 7.83. The zero-order valence-electron chi connectivity index (χ0n) is 10.2. The molecule has 1 heteroatoms. The number of hydrogen-bond donors (Lipinski definition) is 0. The van der Waals surface area contributed by atoms with E-state index in [-0.39, 0.29) is 0 Å².